The Balaban J connectivity index is 1.70. The van der Waals surface area contributed by atoms with Crippen molar-refractivity contribution in [1.82, 2.24) is 4.90 Å². The topological polar surface area (TPSA) is 75.4 Å². The van der Waals surface area contributed by atoms with Crippen molar-refractivity contribution in [2.75, 3.05) is 18.4 Å². The van der Waals surface area contributed by atoms with Gasteiger partial charge < -0.3 is 16.0 Å². The summed E-state index contributed by atoms with van der Waals surface area (Å²) in [6.07, 6.45) is 11.0. The summed E-state index contributed by atoms with van der Waals surface area (Å²) in [5, 5.41) is 3.11. The van der Waals surface area contributed by atoms with E-state index in [2.05, 4.69) is 19.2 Å². The average Bonchev–Trinajstić information content (AvgIpc) is 2.79. The van der Waals surface area contributed by atoms with Crippen LogP contribution in [-0.2, 0) is 16.1 Å². The molecular weight excluding hydrogens is 386 g/mol. The third-order valence-corrected chi connectivity index (χ3v) is 6.98. The first-order valence-corrected chi connectivity index (χ1v) is 12.3. The molecule has 2 aliphatic carbocycles. The molecule has 2 fully saturated rings. The number of nitrogens with two attached hydrogens (primary N) is 1. The van der Waals surface area contributed by atoms with Gasteiger partial charge in [0.05, 0.1) is 0 Å². The number of anilines is 1. The first-order valence-electron chi connectivity index (χ1n) is 12.3. The van der Waals surface area contributed by atoms with Gasteiger partial charge in [0.2, 0.25) is 11.8 Å². The lowest BCUT2D eigenvalue weighted by atomic mass is 9.86. The molecule has 0 heterocycles. The predicted octanol–water partition coefficient (Wildman–Crippen LogP) is 5.10. The van der Waals surface area contributed by atoms with Crippen LogP contribution >= 0.6 is 0 Å². The van der Waals surface area contributed by atoms with Gasteiger partial charge in [-0.25, -0.2) is 0 Å². The van der Waals surface area contributed by atoms with Crippen LogP contribution in [0.3, 0.4) is 0 Å². The zero-order valence-corrected chi connectivity index (χ0v) is 19.5. The quantitative estimate of drug-likeness (QED) is 0.606. The number of nitrogens with one attached hydrogen (secondary N) is 1. The van der Waals surface area contributed by atoms with Crippen LogP contribution in [0.15, 0.2) is 24.3 Å². The molecular formula is C26H41N3O2. The molecule has 0 spiro atoms. The molecule has 5 nitrogen and oxygen atoms in total. The van der Waals surface area contributed by atoms with Crippen LogP contribution in [0.4, 0.5) is 5.69 Å². The molecule has 0 aliphatic heterocycles. The van der Waals surface area contributed by atoms with E-state index in [4.69, 9.17) is 5.73 Å². The van der Waals surface area contributed by atoms with Crippen LogP contribution < -0.4 is 11.1 Å². The number of carbonyl (C=O) groups is 2. The Labute approximate surface area is 188 Å². The van der Waals surface area contributed by atoms with Gasteiger partial charge in [0.25, 0.3) is 0 Å². The Morgan fingerprint density at radius 2 is 1.61 bits per heavy atom. The normalized spacial score (nSPS) is 18.5. The van der Waals surface area contributed by atoms with E-state index in [0.29, 0.717) is 19.6 Å². The molecule has 0 saturated heterocycles. The molecule has 1 aromatic carbocycles. The Bertz CT molecular complexity index is 734. The van der Waals surface area contributed by atoms with Crippen LogP contribution in [0.25, 0.3) is 0 Å². The second-order valence-electron chi connectivity index (χ2n) is 10.4. The van der Waals surface area contributed by atoms with E-state index in [9.17, 15) is 9.59 Å². The van der Waals surface area contributed by atoms with Gasteiger partial charge in [-0.05, 0) is 55.3 Å². The van der Waals surface area contributed by atoms with Gasteiger partial charge in [-0.3, -0.25) is 9.59 Å². The van der Waals surface area contributed by atoms with Crippen molar-refractivity contribution in [3.8, 4) is 0 Å². The van der Waals surface area contributed by atoms with Crippen molar-refractivity contribution in [1.29, 1.82) is 0 Å². The number of hydrogen-bond acceptors (Lipinski definition) is 3. The first-order chi connectivity index (χ1) is 14.9. The number of hydrogen-bond donors (Lipinski definition) is 2. The van der Waals surface area contributed by atoms with Crippen molar-refractivity contribution in [2.45, 2.75) is 84.6 Å². The van der Waals surface area contributed by atoms with E-state index in [1.54, 1.807) is 0 Å². The minimum atomic E-state index is -0.128. The highest BCUT2D eigenvalue weighted by Crippen LogP contribution is 2.29. The van der Waals surface area contributed by atoms with E-state index >= 15 is 0 Å². The SMILES string of the molecule is CC(C)(CN)CN(Cc1cccc(NC(=O)C2CCCCC2)c1)C(=O)C1CCCCC1. The van der Waals surface area contributed by atoms with Gasteiger partial charge in [-0.15, -0.1) is 0 Å². The monoisotopic (exact) mass is 427 g/mol. The molecule has 0 radical (unpaired) electrons. The van der Waals surface area contributed by atoms with Gasteiger partial charge in [-0.2, -0.15) is 0 Å². The molecule has 2 saturated carbocycles. The highest BCUT2D eigenvalue weighted by atomic mass is 16.2. The van der Waals surface area contributed by atoms with Crippen LogP contribution in [0.5, 0.6) is 0 Å². The molecule has 172 valence electrons. The van der Waals surface area contributed by atoms with Gasteiger partial charge in [0.15, 0.2) is 0 Å². The summed E-state index contributed by atoms with van der Waals surface area (Å²) < 4.78 is 0. The number of rotatable bonds is 8. The van der Waals surface area contributed by atoms with E-state index in [-0.39, 0.29) is 29.1 Å². The highest BCUT2D eigenvalue weighted by molar-refractivity contribution is 5.92. The maximum atomic E-state index is 13.4. The Hall–Kier alpha value is -1.88. The molecule has 0 aromatic heterocycles. The number of nitrogens with zero attached hydrogens (tertiary/aromatic N) is 1. The third kappa shape index (κ3) is 7.06. The standard InChI is InChI=1S/C26H41N3O2/c1-26(2,18-27)19-29(25(31)22-13-7-4-8-14-22)17-20-10-9-15-23(16-20)28-24(30)21-11-5-3-6-12-21/h9-10,15-16,21-22H,3-8,11-14,17-19,27H2,1-2H3,(H,28,30). The van der Waals surface area contributed by atoms with Crippen molar-refractivity contribution in [3.05, 3.63) is 29.8 Å². The summed E-state index contributed by atoms with van der Waals surface area (Å²) >= 11 is 0. The Morgan fingerprint density at radius 1 is 1.00 bits per heavy atom. The number of benzene rings is 1. The second-order valence-corrected chi connectivity index (χ2v) is 10.4. The molecule has 2 amide bonds. The summed E-state index contributed by atoms with van der Waals surface area (Å²) in [7, 11) is 0. The summed E-state index contributed by atoms with van der Waals surface area (Å²) in [6, 6.07) is 7.99. The van der Waals surface area contributed by atoms with E-state index in [1.165, 1.54) is 12.8 Å². The van der Waals surface area contributed by atoms with Crippen LogP contribution in [0.2, 0.25) is 0 Å². The fraction of sp³-hybridized carbons (Fsp3) is 0.692. The lowest BCUT2D eigenvalue weighted by Crippen LogP contribution is -2.44. The van der Waals surface area contributed by atoms with Gasteiger partial charge >= 0.3 is 0 Å². The Morgan fingerprint density at radius 3 is 2.23 bits per heavy atom. The number of carbonyl (C=O) groups excluding carboxylic acids is 2. The molecule has 5 heteroatoms. The molecule has 1 aromatic rings. The minimum absolute atomic E-state index is 0.128. The highest BCUT2D eigenvalue weighted by Gasteiger charge is 2.30. The molecule has 3 rings (SSSR count). The maximum Gasteiger partial charge on any atom is 0.227 e. The smallest absolute Gasteiger partial charge is 0.227 e. The van der Waals surface area contributed by atoms with Crippen LogP contribution in [0, 0.1) is 17.3 Å². The Kier molecular flexibility index (Phi) is 8.53. The van der Waals surface area contributed by atoms with Gasteiger partial charge in [0.1, 0.15) is 0 Å². The van der Waals surface area contributed by atoms with Crippen LogP contribution in [-0.4, -0.2) is 29.8 Å². The zero-order chi connectivity index (χ0) is 22.3. The van der Waals surface area contributed by atoms with E-state index in [0.717, 1.165) is 62.6 Å². The largest absolute Gasteiger partial charge is 0.338 e. The third-order valence-electron chi connectivity index (χ3n) is 6.98. The first kappa shape index (κ1) is 23.8. The van der Waals surface area contributed by atoms with E-state index < -0.39 is 0 Å². The van der Waals surface area contributed by atoms with Gasteiger partial charge in [-0.1, -0.05) is 64.5 Å². The predicted molar refractivity (Wildman–Crippen MR) is 126 cm³/mol. The van der Waals surface area contributed by atoms with Crippen molar-refractivity contribution in [3.63, 3.8) is 0 Å². The summed E-state index contributed by atoms with van der Waals surface area (Å²) in [5.74, 6) is 0.665. The van der Waals surface area contributed by atoms with Crippen molar-refractivity contribution < 1.29 is 9.59 Å². The van der Waals surface area contributed by atoms with Crippen molar-refractivity contribution >= 4 is 17.5 Å². The second kappa shape index (κ2) is 11.1. The fourth-order valence-corrected chi connectivity index (χ4v) is 4.98. The molecule has 3 N–H and O–H groups in total. The van der Waals surface area contributed by atoms with Gasteiger partial charge in [0, 0.05) is 30.6 Å². The van der Waals surface area contributed by atoms with E-state index in [1.807, 2.05) is 29.2 Å². The lowest BCUT2D eigenvalue weighted by molar-refractivity contribution is -0.138. The molecule has 2 aliphatic rings. The minimum Gasteiger partial charge on any atom is -0.338 e. The number of amides is 2. The van der Waals surface area contributed by atoms with Crippen molar-refractivity contribution in [2.24, 2.45) is 23.0 Å². The zero-order valence-electron chi connectivity index (χ0n) is 19.5. The average molecular weight is 428 g/mol. The van der Waals surface area contributed by atoms with Crippen LogP contribution in [0.1, 0.15) is 83.6 Å². The maximum absolute atomic E-state index is 13.4. The lowest BCUT2D eigenvalue weighted by Gasteiger charge is -2.35. The molecule has 0 atom stereocenters. The molecule has 0 unspecified atom stereocenters. The summed E-state index contributed by atoms with van der Waals surface area (Å²) in [5.41, 5.74) is 7.75. The molecule has 31 heavy (non-hydrogen) atoms. The summed E-state index contributed by atoms with van der Waals surface area (Å²) in [6.45, 7) is 5.99. The fourth-order valence-electron chi connectivity index (χ4n) is 4.98. The molecule has 0 bridgehead atoms. The summed E-state index contributed by atoms with van der Waals surface area (Å²) in [4.78, 5) is 28.0.